The fourth-order valence-electron chi connectivity index (χ4n) is 1.46. The Kier molecular flexibility index (Phi) is 7.56. The topological polar surface area (TPSA) is 52.3 Å². The number of esters is 1. The summed E-state index contributed by atoms with van der Waals surface area (Å²) in [5, 5.41) is 0. The quantitative estimate of drug-likeness (QED) is 0.510. The van der Waals surface area contributed by atoms with E-state index in [1.807, 2.05) is 13.0 Å². The highest BCUT2D eigenvalue weighted by molar-refractivity contribution is 5.75. The highest BCUT2D eigenvalue weighted by Gasteiger charge is 2.22. The third-order valence-electron chi connectivity index (χ3n) is 2.48. The van der Waals surface area contributed by atoms with Crippen LogP contribution in [0.4, 0.5) is 0 Å². The van der Waals surface area contributed by atoms with Gasteiger partial charge >= 0.3 is 5.97 Å². The Bertz CT molecular complexity index is 248. The van der Waals surface area contributed by atoms with Crippen molar-refractivity contribution in [1.82, 2.24) is 0 Å². The van der Waals surface area contributed by atoms with E-state index in [0.29, 0.717) is 6.61 Å². The molecule has 0 aliphatic rings. The molecule has 0 bridgehead atoms. The molecule has 2 N–H and O–H groups in total. The molecule has 3 heteroatoms. The highest BCUT2D eigenvalue weighted by Crippen LogP contribution is 2.17. The van der Waals surface area contributed by atoms with Gasteiger partial charge in [0.25, 0.3) is 0 Å². The zero-order valence-electron chi connectivity index (χ0n) is 10.4. The number of allylic oxidation sites excluding steroid dienone is 2. The summed E-state index contributed by atoms with van der Waals surface area (Å²) < 4.78 is 4.88. The highest BCUT2D eigenvalue weighted by atomic mass is 16.5. The van der Waals surface area contributed by atoms with Crippen LogP contribution in [-0.2, 0) is 9.53 Å². The summed E-state index contributed by atoms with van der Waals surface area (Å²) in [5.41, 5.74) is 6.89. The van der Waals surface area contributed by atoms with Crippen LogP contribution in [0.5, 0.6) is 0 Å². The summed E-state index contributed by atoms with van der Waals surface area (Å²) in [6, 6.07) is -0.555. The Morgan fingerprint density at radius 2 is 2.19 bits per heavy atom. The molecule has 0 aliphatic carbocycles. The number of ether oxygens (including phenoxy) is 1. The minimum Gasteiger partial charge on any atom is -0.465 e. The molecule has 0 rings (SSSR count). The number of carbonyl (C=O) groups excluding carboxylic acids is 1. The first-order valence-corrected chi connectivity index (χ1v) is 5.72. The van der Waals surface area contributed by atoms with Gasteiger partial charge in [0.05, 0.1) is 6.61 Å². The molecule has 0 spiro atoms. The second kappa shape index (κ2) is 8.11. The van der Waals surface area contributed by atoms with E-state index >= 15 is 0 Å². The molecule has 92 valence electrons. The van der Waals surface area contributed by atoms with E-state index in [2.05, 4.69) is 13.2 Å². The van der Waals surface area contributed by atoms with Gasteiger partial charge < -0.3 is 10.5 Å². The second-order valence-corrected chi connectivity index (χ2v) is 4.04. The molecule has 0 aromatic heterocycles. The first-order valence-electron chi connectivity index (χ1n) is 5.72. The van der Waals surface area contributed by atoms with Crippen LogP contribution in [-0.4, -0.2) is 18.6 Å². The molecule has 0 fully saturated rings. The average Bonchev–Trinajstić information content (AvgIpc) is 2.25. The van der Waals surface area contributed by atoms with Gasteiger partial charge in [-0.2, -0.15) is 0 Å². The van der Waals surface area contributed by atoms with Crippen LogP contribution in [0.2, 0.25) is 0 Å². The third-order valence-corrected chi connectivity index (χ3v) is 2.48. The van der Waals surface area contributed by atoms with Crippen molar-refractivity contribution in [2.75, 3.05) is 6.61 Å². The molecule has 2 atom stereocenters. The van der Waals surface area contributed by atoms with Crippen LogP contribution in [0, 0.1) is 5.92 Å². The first kappa shape index (κ1) is 14.9. The van der Waals surface area contributed by atoms with Crippen molar-refractivity contribution < 1.29 is 9.53 Å². The van der Waals surface area contributed by atoms with Crippen molar-refractivity contribution in [3.05, 3.63) is 24.8 Å². The van der Waals surface area contributed by atoms with Crippen molar-refractivity contribution in [3.63, 3.8) is 0 Å². The fraction of sp³-hybridized carbons (Fsp3) is 0.615. The van der Waals surface area contributed by atoms with Crippen molar-refractivity contribution in [1.29, 1.82) is 0 Å². The number of hydrogen-bond donors (Lipinski definition) is 1. The van der Waals surface area contributed by atoms with Gasteiger partial charge in [0.15, 0.2) is 0 Å². The van der Waals surface area contributed by atoms with E-state index in [9.17, 15) is 4.79 Å². The molecule has 0 amide bonds. The van der Waals surface area contributed by atoms with Crippen molar-refractivity contribution in [3.8, 4) is 0 Å². The average molecular weight is 225 g/mol. The van der Waals surface area contributed by atoms with Gasteiger partial charge in [-0.1, -0.05) is 25.2 Å². The monoisotopic (exact) mass is 225 g/mol. The summed E-state index contributed by atoms with van der Waals surface area (Å²) in [7, 11) is 0. The second-order valence-electron chi connectivity index (χ2n) is 4.04. The van der Waals surface area contributed by atoms with Crippen molar-refractivity contribution in [2.24, 2.45) is 11.7 Å². The van der Waals surface area contributed by atoms with Crippen LogP contribution in [0.1, 0.15) is 33.1 Å². The van der Waals surface area contributed by atoms with E-state index in [1.54, 1.807) is 6.92 Å². The van der Waals surface area contributed by atoms with E-state index in [0.717, 1.165) is 24.8 Å². The molecule has 0 aromatic rings. The zero-order valence-corrected chi connectivity index (χ0v) is 10.4. The molecular weight excluding hydrogens is 202 g/mol. The van der Waals surface area contributed by atoms with Crippen LogP contribution in [0.3, 0.4) is 0 Å². The zero-order chi connectivity index (χ0) is 12.6. The maximum atomic E-state index is 11.4. The maximum Gasteiger partial charge on any atom is 0.323 e. The summed E-state index contributed by atoms with van der Waals surface area (Å²) in [4.78, 5) is 11.4. The SMILES string of the molecule is C=CCCC(=C)C[C@@H](C)C(N)C(=O)OCC. The van der Waals surface area contributed by atoms with Gasteiger partial charge in [0.2, 0.25) is 0 Å². The Morgan fingerprint density at radius 3 is 2.69 bits per heavy atom. The van der Waals surface area contributed by atoms with Gasteiger partial charge in [-0.15, -0.1) is 6.58 Å². The molecule has 3 nitrogen and oxygen atoms in total. The van der Waals surface area contributed by atoms with Crippen molar-refractivity contribution >= 4 is 5.97 Å². The van der Waals surface area contributed by atoms with Gasteiger partial charge in [-0.3, -0.25) is 4.79 Å². The molecule has 0 heterocycles. The van der Waals surface area contributed by atoms with Crippen LogP contribution in [0.25, 0.3) is 0 Å². The summed E-state index contributed by atoms with van der Waals surface area (Å²) in [6.45, 7) is 11.7. The lowest BCUT2D eigenvalue weighted by molar-refractivity contribution is -0.145. The molecule has 0 saturated carbocycles. The van der Waals surface area contributed by atoms with Crippen LogP contribution < -0.4 is 5.73 Å². The Labute approximate surface area is 98.4 Å². The maximum absolute atomic E-state index is 11.4. The van der Waals surface area contributed by atoms with Gasteiger partial charge in [0, 0.05) is 0 Å². The minimum atomic E-state index is -0.555. The molecule has 0 aliphatic heterocycles. The van der Waals surface area contributed by atoms with Gasteiger partial charge in [-0.05, 0) is 32.1 Å². The smallest absolute Gasteiger partial charge is 0.323 e. The molecule has 16 heavy (non-hydrogen) atoms. The first-order chi connectivity index (χ1) is 7.52. The van der Waals surface area contributed by atoms with E-state index < -0.39 is 6.04 Å². The van der Waals surface area contributed by atoms with E-state index in [1.165, 1.54) is 0 Å². The predicted molar refractivity (Wildman–Crippen MR) is 67.0 cm³/mol. The molecular formula is C13H23NO2. The standard InChI is InChI=1S/C13H23NO2/c1-5-7-8-10(3)9-11(4)12(14)13(15)16-6-2/h5,11-12H,1,3,6-9,14H2,2,4H3/t11-,12?/m1/s1. The Morgan fingerprint density at radius 1 is 1.56 bits per heavy atom. The third kappa shape index (κ3) is 5.71. The van der Waals surface area contributed by atoms with Crippen LogP contribution >= 0.6 is 0 Å². The summed E-state index contributed by atoms with van der Waals surface area (Å²) >= 11 is 0. The number of hydrogen-bond acceptors (Lipinski definition) is 3. The molecule has 1 unspecified atom stereocenters. The fourth-order valence-corrected chi connectivity index (χ4v) is 1.46. The summed E-state index contributed by atoms with van der Waals surface area (Å²) in [6.07, 6.45) is 4.44. The lowest BCUT2D eigenvalue weighted by Crippen LogP contribution is -2.38. The van der Waals surface area contributed by atoms with Gasteiger partial charge in [0.1, 0.15) is 6.04 Å². The number of nitrogens with two attached hydrogens (primary N) is 1. The van der Waals surface area contributed by atoms with Crippen LogP contribution in [0.15, 0.2) is 24.8 Å². The Balaban J connectivity index is 4.03. The van der Waals surface area contributed by atoms with Crippen molar-refractivity contribution in [2.45, 2.75) is 39.2 Å². The molecule has 0 aromatic carbocycles. The largest absolute Gasteiger partial charge is 0.465 e. The van der Waals surface area contributed by atoms with E-state index in [4.69, 9.17) is 10.5 Å². The summed E-state index contributed by atoms with van der Waals surface area (Å²) in [5.74, 6) is -0.261. The normalized spacial score (nSPS) is 13.9. The van der Waals surface area contributed by atoms with Gasteiger partial charge in [-0.25, -0.2) is 0 Å². The number of rotatable bonds is 8. The van der Waals surface area contributed by atoms with E-state index in [-0.39, 0.29) is 11.9 Å². The molecule has 0 radical (unpaired) electrons. The lowest BCUT2D eigenvalue weighted by Gasteiger charge is -2.19. The predicted octanol–water partition coefficient (Wildman–Crippen LogP) is 2.43. The lowest BCUT2D eigenvalue weighted by atomic mass is 9.93. The molecule has 0 saturated heterocycles. The minimum absolute atomic E-state index is 0.0661. The Hall–Kier alpha value is -1.09. The number of carbonyl (C=O) groups is 1.